The zero-order chi connectivity index (χ0) is 14.2. The molecule has 4 rings (SSSR count). The first kappa shape index (κ1) is 12.6. The molecule has 0 bridgehead atoms. The van der Waals surface area contributed by atoms with Crippen molar-refractivity contribution in [1.29, 1.82) is 0 Å². The second-order valence-corrected chi connectivity index (χ2v) is 6.12. The zero-order valence-corrected chi connectivity index (χ0v) is 13.0. The highest BCUT2D eigenvalue weighted by Crippen LogP contribution is 2.37. The zero-order valence-electron chi connectivity index (χ0n) is 11.4. The van der Waals surface area contributed by atoms with Crippen LogP contribution in [0.3, 0.4) is 0 Å². The smallest absolute Gasteiger partial charge is 0.0181 e. The monoisotopic (exact) mass is 332 g/mol. The molecule has 0 aromatic heterocycles. The SMILES string of the molecule is Brc1ccc2cc3ccccc3c(-c3ccccc3)c2c1. The highest BCUT2D eigenvalue weighted by Gasteiger charge is 2.09. The van der Waals surface area contributed by atoms with Crippen LogP contribution in [0.25, 0.3) is 32.7 Å². The summed E-state index contributed by atoms with van der Waals surface area (Å²) in [6.07, 6.45) is 0. The van der Waals surface area contributed by atoms with E-state index in [1.807, 2.05) is 0 Å². The molecule has 0 nitrogen and oxygen atoms in total. The van der Waals surface area contributed by atoms with Gasteiger partial charge < -0.3 is 0 Å². The van der Waals surface area contributed by atoms with Gasteiger partial charge in [-0.1, -0.05) is 76.6 Å². The molecule has 0 unspecified atom stereocenters. The molecule has 0 spiro atoms. The number of halogens is 1. The summed E-state index contributed by atoms with van der Waals surface area (Å²) in [6, 6.07) is 28.0. The normalized spacial score (nSPS) is 11.1. The van der Waals surface area contributed by atoms with Gasteiger partial charge in [0.05, 0.1) is 0 Å². The van der Waals surface area contributed by atoms with Gasteiger partial charge in [-0.15, -0.1) is 0 Å². The van der Waals surface area contributed by atoms with Crippen LogP contribution in [0.15, 0.2) is 83.3 Å². The Morgan fingerprint density at radius 1 is 0.571 bits per heavy atom. The van der Waals surface area contributed by atoms with Crippen molar-refractivity contribution in [3.8, 4) is 11.1 Å². The molecular weight excluding hydrogens is 320 g/mol. The van der Waals surface area contributed by atoms with Crippen LogP contribution in [0.5, 0.6) is 0 Å². The number of fused-ring (bicyclic) bond motifs is 2. The van der Waals surface area contributed by atoms with Gasteiger partial charge in [0.15, 0.2) is 0 Å². The first-order valence-corrected chi connectivity index (χ1v) is 7.79. The molecule has 0 heterocycles. The molecule has 0 fully saturated rings. The van der Waals surface area contributed by atoms with Gasteiger partial charge in [-0.25, -0.2) is 0 Å². The summed E-state index contributed by atoms with van der Waals surface area (Å²) in [6.45, 7) is 0. The van der Waals surface area contributed by atoms with Crippen LogP contribution >= 0.6 is 15.9 Å². The third-order valence-corrected chi connectivity index (χ3v) is 4.38. The number of hydrogen-bond donors (Lipinski definition) is 0. The molecule has 1 heteroatoms. The molecule has 0 saturated heterocycles. The Balaban J connectivity index is 2.24. The predicted octanol–water partition coefficient (Wildman–Crippen LogP) is 6.42. The van der Waals surface area contributed by atoms with Crippen molar-refractivity contribution in [1.82, 2.24) is 0 Å². The second-order valence-electron chi connectivity index (χ2n) is 5.20. The maximum absolute atomic E-state index is 3.60. The number of hydrogen-bond acceptors (Lipinski definition) is 0. The molecule has 0 aliphatic heterocycles. The Labute approximate surface area is 132 Å². The van der Waals surface area contributed by atoms with Crippen molar-refractivity contribution in [3.63, 3.8) is 0 Å². The second kappa shape index (κ2) is 5.01. The van der Waals surface area contributed by atoms with Crippen LogP contribution in [-0.4, -0.2) is 0 Å². The maximum atomic E-state index is 3.60. The van der Waals surface area contributed by atoms with Crippen molar-refractivity contribution in [2.75, 3.05) is 0 Å². The van der Waals surface area contributed by atoms with Gasteiger partial charge in [0.25, 0.3) is 0 Å². The van der Waals surface area contributed by atoms with Crippen molar-refractivity contribution >= 4 is 37.5 Å². The lowest BCUT2D eigenvalue weighted by Crippen LogP contribution is -1.85. The number of rotatable bonds is 1. The van der Waals surface area contributed by atoms with Gasteiger partial charge in [0.1, 0.15) is 0 Å². The highest BCUT2D eigenvalue weighted by molar-refractivity contribution is 9.10. The van der Waals surface area contributed by atoms with Crippen molar-refractivity contribution in [2.45, 2.75) is 0 Å². The Morgan fingerprint density at radius 3 is 2.14 bits per heavy atom. The molecule has 4 aromatic rings. The lowest BCUT2D eigenvalue weighted by atomic mass is 9.92. The quantitative estimate of drug-likeness (QED) is 0.352. The molecular formula is C20H13Br. The van der Waals surface area contributed by atoms with E-state index in [2.05, 4.69) is 94.8 Å². The molecule has 100 valence electrons. The lowest BCUT2D eigenvalue weighted by Gasteiger charge is -2.12. The predicted molar refractivity (Wildman–Crippen MR) is 94.6 cm³/mol. The fourth-order valence-corrected chi connectivity index (χ4v) is 3.31. The number of benzene rings is 4. The maximum Gasteiger partial charge on any atom is 0.0181 e. The average Bonchev–Trinajstić information content (AvgIpc) is 2.53. The van der Waals surface area contributed by atoms with Crippen LogP contribution in [0.4, 0.5) is 0 Å². The van der Waals surface area contributed by atoms with E-state index in [-0.39, 0.29) is 0 Å². The molecule has 0 radical (unpaired) electrons. The molecule has 0 aliphatic rings. The van der Waals surface area contributed by atoms with Crippen LogP contribution in [0, 0.1) is 0 Å². The summed E-state index contributed by atoms with van der Waals surface area (Å²) in [4.78, 5) is 0. The Kier molecular flexibility index (Phi) is 3.01. The van der Waals surface area contributed by atoms with Crippen LogP contribution in [0.1, 0.15) is 0 Å². The summed E-state index contributed by atoms with van der Waals surface area (Å²) in [5.41, 5.74) is 2.57. The minimum atomic E-state index is 1.11. The van der Waals surface area contributed by atoms with E-state index in [4.69, 9.17) is 0 Å². The minimum Gasteiger partial charge on any atom is -0.0622 e. The molecule has 0 N–H and O–H groups in total. The van der Waals surface area contributed by atoms with Gasteiger partial charge in [0.2, 0.25) is 0 Å². The summed E-state index contributed by atoms with van der Waals surface area (Å²) >= 11 is 3.60. The fourth-order valence-electron chi connectivity index (χ4n) is 2.95. The van der Waals surface area contributed by atoms with Crippen molar-refractivity contribution < 1.29 is 0 Å². The van der Waals surface area contributed by atoms with Crippen LogP contribution in [-0.2, 0) is 0 Å². The van der Waals surface area contributed by atoms with Gasteiger partial charge in [-0.05, 0) is 50.9 Å². The first-order chi connectivity index (χ1) is 10.3. The third kappa shape index (κ3) is 2.14. The summed E-state index contributed by atoms with van der Waals surface area (Å²) in [5, 5.41) is 5.14. The molecule has 0 atom stereocenters. The molecule has 0 saturated carbocycles. The largest absolute Gasteiger partial charge is 0.0622 e. The van der Waals surface area contributed by atoms with E-state index < -0.39 is 0 Å². The molecule has 0 aliphatic carbocycles. The lowest BCUT2D eigenvalue weighted by molar-refractivity contribution is 1.66. The van der Waals surface area contributed by atoms with Gasteiger partial charge in [-0.2, -0.15) is 0 Å². The summed E-state index contributed by atoms with van der Waals surface area (Å²) < 4.78 is 1.11. The van der Waals surface area contributed by atoms with E-state index in [0.717, 1.165) is 4.47 Å². The van der Waals surface area contributed by atoms with E-state index in [1.54, 1.807) is 0 Å². The summed E-state index contributed by atoms with van der Waals surface area (Å²) in [7, 11) is 0. The van der Waals surface area contributed by atoms with Crippen LogP contribution < -0.4 is 0 Å². The molecule has 0 amide bonds. The Hall–Kier alpha value is -2.12. The Bertz CT molecular complexity index is 940. The first-order valence-electron chi connectivity index (χ1n) is 6.99. The highest BCUT2D eigenvalue weighted by atomic mass is 79.9. The minimum absolute atomic E-state index is 1.11. The van der Waals surface area contributed by atoms with Gasteiger partial charge >= 0.3 is 0 Å². The molecule has 4 aromatic carbocycles. The topological polar surface area (TPSA) is 0 Å². The van der Waals surface area contributed by atoms with Crippen molar-refractivity contribution in [3.05, 3.63) is 83.3 Å². The van der Waals surface area contributed by atoms with E-state index in [1.165, 1.54) is 32.7 Å². The average molecular weight is 333 g/mol. The van der Waals surface area contributed by atoms with Gasteiger partial charge in [0, 0.05) is 4.47 Å². The Morgan fingerprint density at radius 2 is 1.29 bits per heavy atom. The van der Waals surface area contributed by atoms with Crippen molar-refractivity contribution in [2.24, 2.45) is 0 Å². The summed E-state index contributed by atoms with van der Waals surface area (Å²) in [5.74, 6) is 0. The van der Waals surface area contributed by atoms with Crippen LogP contribution in [0.2, 0.25) is 0 Å². The van der Waals surface area contributed by atoms with E-state index >= 15 is 0 Å². The third-order valence-electron chi connectivity index (χ3n) is 3.89. The standard InChI is InChI=1S/C20H13Br/c21-17-11-10-16-12-15-8-4-5-9-18(15)20(19(16)13-17)14-6-2-1-3-7-14/h1-13H. The van der Waals surface area contributed by atoms with Gasteiger partial charge in [-0.3, -0.25) is 0 Å². The molecule has 21 heavy (non-hydrogen) atoms. The van der Waals surface area contributed by atoms with E-state index in [0.29, 0.717) is 0 Å². The fraction of sp³-hybridized carbons (Fsp3) is 0. The van der Waals surface area contributed by atoms with E-state index in [9.17, 15) is 0 Å².